The van der Waals surface area contributed by atoms with E-state index in [0.717, 1.165) is 0 Å². The van der Waals surface area contributed by atoms with Crippen LogP contribution in [0.2, 0.25) is 0 Å². The number of nitrogens with one attached hydrogen (secondary N) is 1. The lowest BCUT2D eigenvalue weighted by atomic mass is 10.2. The first-order valence-electron chi connectivity index (χ1n) is 7.75. The average molecular weight is 323 g/mol. The minimum atomic E-state index is -0.354. The molecule has 0 aliphatic heterocycles. The number of carbonyl (C=O) groups is 2. The van der Waals surface area contributed by atoms with Gasteiger partial charge in [-0.15, -0.1) is 0 Å². The van der Waals surface area contributed by atoms with Gasteiger partial charge in [0.25, 0.3) is 0 Å². The fraction of sp³-hybridized carbons (Fsp3) is 0.529. The van der Waals surface area contributed by atoms with Gasteiger partial charge in [0.1, 0.15) is 5.82 Å². The Morgan fingerprint density at radius 3 is 2.04 bits per heavy atom. The van der Waals surface area contributed by atoms with Crippen LogP contribution in [0.3, 0.4) is 0 Å². The predicted molar refractivity (Wildman–Crippen MR) is 89.6 cm³/mol. The van der Waals surface area contributed by atoms with Gasteiger partial charge in [-0.2, -0.15) is 0 Å². The molecule has 0 saturated carbocycles. The highest BCUT2D eigenvalue weighted by molar-refractivity contribution is 5.92. The van der Waals surface area contributed by atoms with Gasteiger partial charge in [0.2, 0.25) is 11.8 Å². The molecule has 0 heterocycles. The Morgan fingerprint density at radius 1 is 1.04 bits per heavy atom. The van der Waals surface area contributed by atoms with E-state index < -0.39 is 0 Å². The minimum absolute atomic E-state index is 0.00733. The molecular weight excluding hydrogens is 297 g/mol. The average Bonchev–Trinajstić information content (AvgIpc) is 2.39. The van der Waals surface area contributed by atoms with E-state index in [4.69, 9.17) is 0 Å². The number of carbonyl (C=O) groups excluding carboxylic acids is 2. The van der Waals surface area contributed by atoms with Crippen molar-refractivity contribution in [2.75, 3.05) is 25.5 Å². The zero-order valence-electron chi connectivity index (χ0n) is 14.5. The Hall–Kier alpha value is -1.95. The molecule has 0 atom stereocenters. The molecular formula is C17H26FN3O2. The SMILES string of the molecule is CC(C)N(C(=O)CN(C)CC(=O)Nc1ccc(F)cc1)C(C)C. The number of anilines is 1. The molecule has 0 saturated heterocycles. The van der Waals surface area contributed by atoms with Crippen LogP contribution < -0.4 is 5.32 Å². The van der Waals surface area contributed by atoms with Crippen LogP contribution in [0.4, 0.5) is 10.1 Å². The van der Waals surface area contributed by atoms with Gasteiger partial charge in [-0.05, 0) is 59.0 Å². The fourth-order valence-electron chi connectivity index (χ4n) is 2.52. The largest absolute Gasteiger partial charge is 0.337 e. The van der Waals surface area contributed by atoms with Crippen LogP contribution in [-0.4, -0.2) is 53.8 Å². The van der Waals surface area contributed by atoms with E-state index >= 15 is 0 Å². The van der Waals surface area contributed by atoms with Gasteiger partial charge in [-0.1, -0.05) is 0 Å². The smallest absolute Gasteiger partial charge is 0.238 e. The summed E-state index contributed by atoms with van der Waals surface area (Å²) in [5.74, 6) is -0.604. The molecule has 2 amide bonds. The quantitative estimate of drug-likeness (QED) is 0.838. The second kappa shape index (κ2) is 8.62. The summed E-state index contributed by atoms with van der Waals surface area (Å²) in [7, 11) is 1.72. The molecule has 0 aliphatic carbocycles. The second-order valence-corrected chi connectivity index (χ2v) is 6.22. The van der Waals surface area contributed by atoms with Gasteiger partial charge < -0.3 is 10.2 Å². The summed E-state index contributed by atoms with van der Waals surface area (Å²) in [5.41, 5.74) is 0.530. The lowest BCUT2D eigenvalue weighted by Gasteiger charge is -2.32. The molecule has 23 heavy (non-hydrogen) atoms. The molecule has 0 aliphatic rings. The maximum absolute atomic E-state index is 12.8. The molecule has 0 fully saturated rings. The Kier molecular flexibility index (Phi) is 7.16. The summed E-state index contributed by atoms with van der Waals surface area (Å²) in [6, 6.07) is 5.79. The van der Waals surface area contributed by atoms with E-state index in [1.165, 1.54) is 24.3 Å². The molecule has 0 bridgehead atoms. The standard InChI is InChI=1S/C17H26FN3O2/c1-12(2)21(13(3)4)17(23)11-20(5)10-16(22)19-15-8-6-14(18)7-9-15/h6-9,12-13H,10-11H2,1-5H3,(H,19,22). The second-order valence-electron chi connectivity index (χ2n) is 6.22. The number of likely N-dealkylation sites (N-methyl/N-ethyl adjacent to an activating group) is 1. The van der Waals surface area contributed by atoms with Gasteiger partial charge in [-0.25, -0.2) is 4.39 Å². The van der Waals surface area contributed by atoms with Crippen LogP contribution in [0, 0.1) is 5.82 Å². The van der Waals surface area contributed by atoms with E-state index in [0.29, 0.717) is 5.69 Å². The maximum Gasteiger partial charge on any atom is 0.238 e. The monoisotopic (exact) mass is 323 g/mol. The number of benzene rings is 1. The molecule has 1 aromatic rings. The summed E-state index contributed by atoms with van der Waals surface area (Å²) in [4.78, 5) is 27.7. The van der Waals surface area contributed by atoms with E-state index in [-0.39, 0.29) is 42.8 Å². The third kappa shape index (κ3) is 6.36. The highest BCUT2D eigenvalue weighted by Crippen LogP contribution is 2.09. The molecule has 0 radical (unpaired) electrons. The number of nitrogens with zero attached hydrogens (tertiary/aromatic N) is 2. The van der Waals surface area contributed by atoms with Crippen LogP contribution in [0.25, 0.3) is 0 Å². The van der Waals surface area contributed by atoms with E-state index in [1.807, 2.05) is 27.7 Å². The number of hydrogen-bond acceptors (Lipinski definition) is 3. The first-order valence-corrected chi connectivity index (χ1v) is 7.75. The molecule has 1 rings (SSSR count). The Balaban J connectivity index is 2.51. The molecule has 1 aromatic carbocycles. The van der Waals surface area contributed by atoms with Gasteiger partial charge in [-0.3, -0.25) is 14.5 Å². The lowest BCUT2D eigenvalue weighted by Crippen LogP contribution is -2.47. The van der Waals surface area contributed by atoms with Gasteiger partial charge in [0.15, 0.2) is 0 Å². The highest BCUT2D eigenvalue weighted by atomic mass is 19.1. The van der Waals surface area contributed by atoms with Crippen LogP contribution in [0.1, 0.15) is 27.7 Å². The van der Waals surface area contributed by atoms with Gasteiger partial charge in [0.05, 0.1) is 13.1 Å². The van der Waals surface area contributed by atoms with E-state index in [1.54, 1.807) is 16.8 Å². The van der Waals surface area contributed by atoms with Crippen molar-refractivity contribution in [3.8, 4) is 0 Å². The molecule has 128 valence electrons. The summed E-state index contributed by atoms with van der Waals surface area (Å²) in [6.45, 7) is 8.15. The molecule has 0 spiro atoms. The lowest BCUT2D eigenvalue weighted by molar-refractivity contribution is -0.135. The molecule has 0 aromatic heterocycles. The molecule has 5 nitrogen and oxygen atoms in total. The van der Waals surface area contributed by atoms with Crippen LogP contribution in [-0.2, 0) is 9.59 Å². The van der Waals surface area contributed by atoms with Gasteiger partial charge >= 0.3 is 0 Å². The number of halogens is 1. The Morgan fingerprint density at radius 2 is 1.57 bits per heavy atom. The first-order chi connectivity index (χ1) is 10.7. The van der Waals surface area contributed by atoms with Crippen molar-refractivity contribution in [3.05, 3.63) is 30.1 Å². The zero-order chi connectivity index (χ0) is 17.6. The van der Waals surface area contributed by atoms with Crippen molar-refractivity contribution in [2.24, 2.45) is 0 Å². The number of amides is 2. The van der Waals surface area contributed by atoms with Crippen molar-refractivity contribution in [1.29, 1.82) is 0 Å². The van der Waals surface area contributed by atoms with Crippen molar-refractivity contribution < 1.29 is 14.0 Å². The molecule has 6 heteroatoms. The zero-order valence-corrected chi connectivity index (χ0v) is 14.5. The highest BCUT2D eigenvalue weighted by Gasteiger charge is 2.21. The number of hydrogen-bond donors (Lipinski definition) is 1. The molecule has 1 N–H and O–H groups in total. The minimum Gasteiger partial charge on any atom is -0.337 e. The topological polar surface area (TPSA) is 52.7 Å². The van der Waals surface area contributed by atoms with Crippen molar-refractivity contribution >= 4 is 17.5 Å². The van der Waals surface area contributed by atoms with E-state index in [9.17, 15) is 14.0 Å². The maximum atomic E-state index is 12.8. The molecule has 0 unspecified atom stereocenters. The fourth-order valence-corrected chi connectivity index (χ4v) is 2.52. The number of rotatable bonds is 7. The van der Waals surface area contributed by atoms with Gasteiger partial charge in [0, 0.05) is 17.8 Å². The van der Waals surface area contributed by atoms with Crippen molar-refractivity contribution in [3.63, 3.8) is 0 Å². The summed E-state index contributed by atoms with van der Waals surface area (Å²) in [6.07, 6.45) is 0. The van der Waals surface area contributed by atoms with E-state index in [2.05, 4.69) is 5.32 Å². The van der Waals surface area contributed by atoms with Crippen LogP contribution in [0.15, 0.2) is 24.3 Å². The Labute approximate surface area is 137 Å². The predicted octanol–water partition coefficient (Wildman–Crippen LogP) is 2.34. The Bertz CT molecular complexity index is 521. The summed E-state index contributed by atoms with van der Waals surface area (Å²) < 4.78 is 12.8. The van der Waals surface area contributed by atoms with Crippen LogP contribution >= 0.6 is 0 Å². The van der Waals surface area contributed by atoms with Crippen LogP contribution in [0.5, 0.6) is 0 Å². The first kappa shape index (κ1) is 19.1. The summed E-state index contributed by atoms with van der Waals surface area (Å²) in [5, 5.41) is 2.68. The van der Waals surface area contributed by atoms with Crippen molar-refractivity contribution in [1.82, 2.24) is 9.80 Å². The third-order valence-electron chi connectivity index (χ3n) is 3.35. The van der Waals surface area contributed by atoms with Crippen molar-refractivity contribution in [2.45, 2.75) is 39.8 Å². The normalized spacial score (nSPS) is 11.2. The third-order valence-corrected chi connectivity index (χ3v) is 3.35. The summed E-state index contributed by atoms with van der Waals surface area (Å²) >= 11 is 0.